The third kappa shape index (κ3) is 4.33. The van der Waals surface area contributed by atoms with Gasteiger partial charge >= 0.3 is 5.69 Å². The van der Waals surface area contributed by atoms with Gasteiger partial charge in [0.15, 0.2) is 5.65 Å². The van der Waals surface area contributed by atoms with Gasteiger partial charge in [0.1, 0.15) is 17.6 Å². The molecule has 0 fully saturated rings. The number of rotatable bonds is 7. The zero-order valence-electron chi connectivity index (χ0n) is 18.1. The normalized spacial score (nSPS) is 12.2. The molecule has 4 aromatic rings. The molecule has 0 aliphatic carbocycles. The molecular weight excluding hydrogens is 446 g/mol. The first-order chi connectivity index (χ1) is 15.4. The van der Waals surface area contributed by atoms with Crippen molar-refractivity contribution < 1.29 is 4.74 Å². The molecule has 0 N–H and O–H groups in total. The molecule has 166 valence electrons. The quantitative estimate of drug-likeness (QED) is 0.410. The lowest BCUT2D eigenvalue weighted by Gasteiger charge is -2.23. The molecule has 2 aromatic heterocycles. The first-order valence-electron chi connectivity index (χ1n) is 10.1. The highest BCUT2D eigenvalue weighted by atomic mass is 35.5. The molecule has 1 unspecified atom stereocenters. The maximum absolute atomic E-state index is 13.0. The van der Waals surface area contributed by atoms with E-state index in [2.05, 4.69) is 34.6 Å². The minimum absolute atomic E-state index is 0.0208. The maximum atomic E-state index is 13.0. The van der Waals surface area contributed by atoms with Crippen LogP contribution in [0.1, 0.15) is 24.1 Å². The van der Waals surface area contributed by atoms with Crippen molar-refractivity contribution in [3.05, 3.63) is 81.6 Å². The molecular formula is C23H24ClN5O2S. The maximum Gasteiger partial charge on any atom is 0.340 e. The minimum Gasteiger partial charge on any atom is -0.497 e. The fourth-order valence-electron chi connectivity index (χ4n) is 3.84. The number of hydrogen-bond donors (Lipinski definition) is 1. The van der Waals surface area contributed by atoms with Crippen LogP contribution in [0.2, 0.25) is 5.02 Å². The van der Waals surface area contributed by atoms with E-state index in [0.29, 0.717) is 29.3 Å². The van der Waals surface area contributed by atoms with Gasteiger partial charge in [-0.2, -0.15) is 0 Å². The lowest BCUT2D eigenvalue weighted by atomic mass is 10.1. The summed E-state index contributed by atoms with van der Waals surface area (Å²) in [5, 5.41) is 0.621. The van der Waals surface area contributed by atoms with Gasteiger partial charge in [0, 0.05) is 30.2 Å². The summed E-state index contributed by atoms with van der Waals surface area (Å²) in [5.74, 6) is 0.834. The molecule has 7 nitrogen and oxygen atoms in total. The third-order valence-corrected chi connectivity index (χ3v) is 6.07. The molecule has 0 aliphatic heterocycles. The van der Waals surface area contributed by atoms with Crippen LogP contribution in [-0.2, 0) is 6.54 Å². The van der Waals surface area contributed by atoms with Gasteiger partial charge in [-0.3, -0.25) is 4.57 Å². The van der Waals surface area contributed by atoms with E-state index in [9.17, 15) is 4.79 Å². The number of ether oxygens (including phenoxy) is 1. The number of likely N-dealkylation sites (N-methyl/N-ethyl adjacent to an activating group) is 1. The standard InChI is InChI=1S/C23H24ClN5O2S/c1-15(12-27(2)18-7-9-19(31-3)10-8-18)20-21-22(26-14-25-20)28(23(30)29(21)32)13-16-5-4-6-17(24)11-16/h4-11,14-15,32H,12-13H2,1-3H3. The second-order valence-electron chi connectivity index (χ2n) is 7.72. The Labute approximate surface area is 196 Å². The highest BCUT2D eigenvalue weighted by Gasteiger charge is 2.21. The van der Waals surface area contributed by atoms with Gasteiger partial charge in [0.05, 0.1) is 19.3 Å². The summed E-state index contributed by atoms with van der Waals surface area (Å²) in [6.45, 7) is 3.12. The smallest absolute Gasteiger partial charge is 0.340 e. The lowest BCUT2D eigenvalue weighted by molar-refractivity contribution is 0.415. The van der Waals surface area contributed by atoms with Crippen molar-refractivity contribution in [1.29, 1.82) is 0 Å². The number of halogens is 1. The number of aromatic nitrogens is 4. The molecule has 0 spiro atoms. The fourth-order valence-corrected chi connectivity index (χ4v) is 4.36. The van der Waals surface area contributed by atoms with Gasteiger partial charge in [-0.15, -0.1) is 0 Å². The van der Waals surface area contributed by atoms with Crippen LogP contribution in [-0.4, -0.2) is 39.2 Å². The fraction of sp³-hybridized carbons (Fsp3) is 0.261. The summed E-state index contributed by atoms with van der Waals surface area (Å²) in [6.07, 6.45) is 1.50. The zero-order valence-corrected chi connectivity index (χ0v) is 19.7. The third-order valence-electron chi connectivity index (χ3n) is 5.47. The van der Waals surface area contributed by atoms with Crippen LogP contribution in [0, 0.1) is 0 Å². The first kappa shape index (κ1) is 22.2. The van der Waals surface area contributed by atoms with E-state index in [1.807, 2.05) is 49.5 Å². The Kier molecular flexibility index (Phi) is 6.43. The monoisotopic (exact) mass is 469 g/mol. The van der Waals surface area contributed by atoms with Crippen molar-refractivity contribution in [3.8, 4) is 5.75 Å². The van der Waals surface area contributed by atoms with Crippen LogP contribution in [0.5, 0.6) is 5.75 Å². The van der Waals surface area contributed by atoms with Crippen LogP contribution >= 0.6 is 24.4 Å². The summed E-state index contributed by atoms with van der Waals surface area (Å²) < 4.78 is 8.17. The van der Waals surface area contributed by atoms with Gasteiger partial charge in [0.2, 0.25) is 0 Å². The first-order valence-corrected chi connectivity index (χ1v) is 10.9. The van der Waals surface area contributed by atoms with E-state index < -0.39 is 0 Å². The van der Waals surface area contributed by atoms with Crippen molar-refractivity contribution in [3.63, 3.8) is 0 Å². The highest BCUT2D eigenvalue weighted by molar-refractivity contribution is 7.78. The minimum atomic E-state index is -0.263. The zero-order chi connectivity index (χ0) is 22.8. The van der Waals surface area contributed by atoms with E-state index in [-0.39, 0.29) is 11.6 Å². The number of methoxy groups -OCH3 is 1. The second kappa shape index (κ2) is 9.26. The predicted molar refractivity (Wildman–Crippen MR) is 131 cm³/mol. The predicted octanol–water partition coefficient (Wildman–Crippen LogP) is 4.24. The van der Waals surface area contributed by atoms with E-state index in [1.54, 1.807) is 17.7 Å². The van der Waals surface area contributed by atoms with Crippen molar-refractivity contribution in [2.75, 3.05) is 25.6 Å². The largest absolute Gasteiger partial charge is 0.497 e. The summed E-state index contributed by atoms with van der Waals surface area (Å²) in [6, 6.07) is 15.3. The van der Waals surface area contributed by atoms with Gasteiger partial charge in [-0.05, 0) is 42.0 Å². The summed E-state index contributed by atoms with van der Waals surface area (Å²) in [7, 11) is 3.67. The van der Waals surface area contributed by atoms with Crippen LogP contribution in [0.3, 0.4) is 0 Å². The van der Waals surface area contributed by atoms with E-state index in [0.717, 1.165) is 22.7 Å². The molecule has 4 rings (SSSR count). The second-order valence-corrected chi connectivity index (χ2v) is 8.56. The molecule has 2 aromatic carbocycles. The summed E-state index contributed by atoms with van der Waals surface area (Å²) >= 11 is 10.6. The van der Waals surface area contributed by atoms with E-state index >= 15 is 0 Å². The Morgan fingerprint density at radius 1 is 1.19 bits per heavy atom. The van der Waals surface area contributed by atoms with Crippen LogP contribution < -0.4 is 15.3 Å². The number of nitrogens with zero attached hydrogens (tertiary/aromatic N) is 5. The molecule has 32 heavy (non-hydrogen) atoms. The molecule has 2 heterocycles. The Morgan fingerprint density at radius 3 is 2.62 bits per heavy atom. The number of fused-ring (bicyclic) bond motifs is 1. The van der Waals surface area contributed by atoms with Crippen LogP contribution in [0.15, 0.2) is 59.7 Å². The Bertz CT molecular complexity index is 1300. The van der Waals surface area contributed by atoms with Crippen LogP contribution in [0.25, 0.3) is 11.2 Å². The van der Waals surface area contributed by atoms with Gasteiger partial charge in [-0.25, -0.2) is 18.7 Å². The molecule has 0 amide bonds. The molecule has 0 radical (unpaired) electrons. The molecule has 0 bridgehead atoms. The van der Waals surface area contributed by atoms with Crippen molar-refractivity contribution >= 4 is 41.3 Å². The molecule has 0 saturated carbocycles. The van der Waals surface area contributed by atoms with Gasteiger partial charge < -0.3 is 9.64 Å². The van der Waals surface area contributed by atoms with Gasteiger partial charge in [-0.1, -0.05) is 43.5 Å². The Morgan fingerprint density at radius 2 is 1.94 bits per heavy atom. The SMILES string of the molecule is COc1ccc(N(C)CC(C)c2ncnc3c2n(S)c(=O)n3Cc2cccc(Cl)c2)cc1. The molecule has 1 atom stereocenters. The number of imidazole rings is 1. The Balaban J connectivity index is 1.66. The average molecular weight is 470 g/mol. The van der Waals surface area contributed by atoms with E-state index in [4.69, 9.17) is 16.3 Å². The topological polar surface area (TPSA) is 65.2 Å². The van der Waals surface area contributed by atoms with Crippen molar-refractivity contribution in [2.45, 2.75) is 19.4 Å². The summed E-state index contributed by atoms with van der Waals surface area (Å²) in [4.78, 5) is 24.0. The van der Waals surface area contributed by atoms with Crippen molar-refractivity contribution in [1.82, 2.24) is 18.5 Å². The number of hydrogen-bond acceptors (Lipinski definition) is 6. The van der Waals surface area contributed by atoms with Gasteiger partial charge in [0.25, 0.3) is 0 Å². The Hall–Kier alpha value is -2.97. The molecule has 9 heteroatoms. The highest BCUT2D eigenvalue weighted by Crippen LogP contribution is 2.26. The lowest BCUT2D eigenvalue weighted by Crippen LogP contribution is -2.24. The van der Waals surface area contributed by atoms with Crippen LogP contribution in [0.4, 0.5) is 5.69 Å². The number of thiol groups is 1. The molecule has 0 aliphatic rings. The summed E-state index contributed by atoms with van der Waals surface area (Å²) in [5.41, 5.74) is 3.65. The number of benzene rings is 2. The van der Waals surface area contributed by atoms with E-state index in [1.165, 1.54) is 10.3 Å². The molecule has 0 saturated heterocycles. The number of anilines is 1. The van der Waals surface area contributed by atoms with Crippen molar-refractivity contribution in [2.24, 2.45) is 0 Å². The average Bonchev–Trinajstić information content (AvgIpc) is 3.04.